The van der Waals surface area contributed by atoms with Gasteiger partial charge in [-0.3, -0.25) is 0 Å². The Balaban J connectivity index is 2.55. The third-order valence-electron chi connectivity index (χ3n) is 2.54. The van der Waals surface area contributed by atoms with Crippen LogP contribution in [0.3, 0.4) is 0 Å². The quantitative estimate of drug-likeness (QED) is 0.779. The number of rotatable bonds is 6. The lowest BCUT2D eigenvalue weighted by atomic mass is 10.1. The molecule has 1 N–H and O–H groups in total. The number of halogens is 3. The van der Waals surface area contributed by atoms with E-state index in [4.69, 9.17) is 11.6 Å². The molecule has 90 valence electrons. The number of hydrogen-bond donors (Lipinski definition) is 1. The van der Waals surface area contributed by atoms with Crippen LogP contribution in [0.2, 0.25) is 5.02 Å². The van der Waals surface area contributed by atoms with Gasteiger partial charge >= 0.3 is 0 Å². The molecule has 0 fully saturated rings. The van der Waals surface area contributed by atoms with E-state index < -0.39 is 0 Å². The van der Waals surface area contributed by atoms with Gasteiger partial charge in [0.15, 0.2) is 0 Å². The summed E-state index contributed by atoms with van der Waals surface area (Å²) in [6.07, 6.45) is 2.11. The van der Waals surface area contributed by atoms with Crippen LogP contribution in [0.15, 0.2) is 18.2 Å². The fourth-order valence-electron chi connectivity index (χ4n) is 1.52. The van der Waals surface area contributed by atoms with Crippen molar-refractivity contribution in [3.63, 3.8) is 0 Å². The zero-order valence-electron chi connectivity index (χ0n) is 9.27. The van der Waals surface area contributed by atoms with Crippen LogP contribution >= 0.6 is 27.5 Å². The van der Waals surface area contributed by atoms with E-state index in [0.29, 0.717) is 17.6 Å². The van der Waals surface area contributed by atoms with Crippen LogP contribution in [0.1, 0.15) is 25.3 Å². The molecule has 1 rings (SSSR count). The van der Waals surface area contributed by atoms with Gasteiger partial charge < -0.3 is 5.32 Å². The molecule has 0 aromatic heterocycles. The molecule has 1 unspecified atom stereocenters. The molecule has 1 aromatic carbocycles. The Hall–Kier alpha value is -0.120. The molecular formula is C12H16BrClFN. The summed E-state index contributed by atoms with van der Waals surface area (Å²) in [5.41, 5.74) is 0.815. The molecule has 0 saturated carbocycles. The van der Waals surface area contributed by atoms with Gasteiger partial charge in [-0.2, -0.15) is 0 Å². The van der Waals surface area contributed by atoms with Gasteiger partial charge in [-0.15, -0.1) is 0 Å². The Bertz CT molecular complexity index is 333. The molecular weight excluding hydrogens is 292 g/mol. The van der Waals surface area contributed by atoms with Crippen LogP contribution in [0.4, 0.5) is 4.39 Å². The first-order valence-corrected chi connectivity index (χ1v) is 6.90. The molecule has 0 heterocycles. The first-order valence-electron chi connectivity index (χ1n) is 5.40. The van der Waals surface area contributed by atoms with E-state index >= 15 is 0 Å². The lowest BCUT2D eigenvalue weighted by Crippen LogP contribution is -2.28. The standard InChI is InChI=1S/C12H16BrClFN/c1-2-11(5-6-13)16-8-9-7-10(15)3-4-12(9)14/h3-4,7,11,16H,2,5-6,8H2,1H3. The first-order chi connectivity index (χ1) is 7.67. The lowest BCUT2D eigenvalue weighted by molar-refractivity contribution is 0.487. The van der Waals surface area contributed by atoms with Crippen LogP contribution in [0.25, 0.3) is 0 Å². The molecule has 0 amide bonds. The summed E-state index contributed by atoms with van der Waals surface area (Å²) in [6, 6.07) is 4.90. The topological polar surface area (TPSA) is 12.0 Å². The van der Waals surface area contributed by atoms with Crippen LogP contribution in [-0.2, 0) is 6.54 Å². The second kappa shape index (κ2) is 7.25. The lowest BCUT2D eigenvalue weighted by Gasteiger charge is -2.16. The Morgan fingerprint density at radius 2 is 2.25 bits per heavy atom. The Labute approximate surface area is 110 Å². The monoisotopic (exact) mass is 307 g/mol. The highest BCUT2D eigenvalue weighted by molar-refractivity contribution is 9.09. The smallest absolute Gasteiger partial charge is 0.123 e. The van der Waals surface area contributed by atoms with Crippen LogP contribution < -0.4 is 5.32 Å². The van der Waals surface area contributed by atoms with E-state index in [2.05, 4.69) is 28.2 Å². The minimum atomic E-state index is -0.241. The molecule has 0 aliphatic rings. The largest absolute Gasteiger partial charge is 0.310 e. The summed E-state index contributed by atoms with van der Waals surface area (Å²) in [5.74, 6) is -0.241. The third-order valence-corrected chi connectivity index (χ3v) is 3.37. The van der Waals surface area contributed by atoms with E-state index in [1.54, 1.807) is 6.07 Å². The number of hydrogen-bond acceptors (Lipinski definition) is 1. The molecule has 16 heavy (non-hydrogen) atoms. The van der Waals surface area contributed by atoms with Crippen molar-refractivity contribution in [1.29, 1.82) is 0 Å². The molecule has 0 saturated heterocycles. The maximum atomic E-state index is 13.0. The molecule has 4 heteroatoms. The van der Waals surface area contributed by atoms with Gasteiger partial charge in [0, 0.05) is 22.9 Å². The van der Waals surface area contributed by atoms with Crippen LogP contribution in [-0.4, -0.2) is 11.4 Å². The van der Waals surface area contributed by atoms with Crippen molar-refractivity contribution in [2.75, 3.05) is 5.33 Å². The molecule has 0 aliphatic heterocycles. The molecule has 0 radical (unpaired) electrons. The summed E-state index contributed by atoms with van der Waals surface area (Å²) >= 11 is 9.40. The molecule has 1 atom stereocenters. The van der Waals surface area contributed by atoms with Gasteiger partial charge in [-0.25, -0.2) is 4.39 Å². The molecule has 0 bridgehead atoms. The van der Waals surface area contributed by atoms with E-state index in [9.17, 15) is 4.39 Å². The summed E-state index contributed by atoms with van der Waals surface area (Å²) in [6.45, 7) is 2.75. The minimum Gasteiger partial charge on any atom is -0.310 e. The maximum Gasteiger partial charge on any atom is 0.123 e. The SMILES string of the molecule is CCC(CCBr)NCc1cc(F)ccc1Cl. The number of benzene rings is 1. The van der Waals surface area contributed by atoms with Crippen molar-refractivity contribution in [3.8, 4) is 0 Å². The Kier molecular flexibility index (Phi) is 6.32. The van der Waals surface area contributed by atoms with Gasteiger partial charge in [0.1, 0.15) is 5.82 Å². The van der Waals surface area contributed by atoms with Crippen molar-refractivity contribution >= 4 is 27.5 Å². The number of nitrogens with one attached hydrogen (secondary N) is 1. The minimum absolute atomic E-state index is 0.241. The van der Waals surface area contributed by atoms with Crippen molar-refractivity contribution in [3.05, 3.63) is 34.6 Å². The van der Waals surface area contributed by atoms with Gasteiger partial charge in [-0.1, -0.05) is 34.5 Å². The fourth-order valence-corrected chi connectivity index (χ4v) is 2.25. The predicted octanol–water partition coefficient (Wildman–Crippen LogP) is 4.13. The van der Waals surface area contributed by atoms with Crippen LogP contribution in [0.5, 0.6) is 0 Å². The normalized spacial score (nSPS) is 12.8. The van der Waals surface area contributed by atoms with Crippen molar-refractivity contribution in [2.45, 2.75) is 32.4 Å². The zero-order valence-corrected chi connectivity index (χ0v) is 11.6. The first kappa shape index (κ1) is 13.9. The van der Waals surface area contributed by atoms with E-state index in [-0.39, 0.29) is 5.82 Å². The zero-order chi connectivity index (χ0) is 12.0. The maximum absolute atomic E-state index is 13.0. The summed E-state index contributed by atoms with van der Waals surface area (Å²) in [4.78, 5) is 0. The Morgan fingerprint density at radius 1 is 1.50 bits per heavy atom. The molecule has 0 aliphatic carbocycles. The third kappa shape index (κ3) is 4.40. The summed E-state index contributed by atoms with van der Waals surface area (Å²) in [5, 5.41) is 4.95. The van der Waals surface area contributed by atoms with Crippen molar-refractivity contribution in [2.24, 2.45) is 0 Å². The fraction of sp³-hybridized carbons (Fsp3) is 0.500. The molecule has 0 spiro atoms. The van der Waals surface area contributed by atoms with E-state index in [1.807, 2.05) is 0 Å². The van der Waals surface area contributed by atoms with Gasteiger partial charge in [0.05, 0.1) is 0 Å². The van der Waals surface area contributed by atoms with E-state index in [0.717, 1.165) is 23.7 Å². The second-order valence-corrected chi connectivity index (χ2v) is 4.90. The van der Waals surface area contributed by atoms with Gasteiger partial charge in [0.2, 0.25) is 0 Å². The average Bonchev–Trinajstić information content (AvgIpc) is 2.28. The highest BCUT2D eigenvalue weighted by atomic mass is 79.9. The van der Waals surface area contributed by atoms with Gasteiger partial charge in [-0.05, 0) is 36.6 Å². The van der Waals surface area contributed by atoms with E-state index in [1.165, 1.54) is 12.1 Å². The second-order valence-electron chi connectivity index (χ2n) is 3.70. The van der Waals surface area contributed by atoms with Gasteiger partial charge in [0.25, 0.3) is 0 Å². The summed E-state index contributed by atoms with van der Waals surface area (Å²) in [7, 11) is 0. The molecule has 1 nitrogen and oxygen atoms in total. The number of alkyl halides is 1. The summed E-state index contributed by atoms with van der Waals surface area (Å²) < 4.78 is 13.0. The predicted molar refractivity (Wildman–Crippen MR) is 70.7 cm³/mol. The van der Waals surface area contributed by atoms with Crippen molar-refractivity contribution < 1.29 is 4.39 Å². The highest BCUT2D eigenvalue weighted by Crippen LogP contribution is 2.17. The molecule has 1 aromatic rings. The highest BCUT2D eigenvalue weighted by Gasteiger charge is 2.07. The average molecular weight is 309 g/mol. The van der Waals surface area contributed by atoms with Crippen LogP contribution in [0, 0.1) is 5.82 Å². The van der Waals surface area contributed by atoms with Crippen molar-refractivity contribution in [1.82, 2.24) is 5.32 Å². The Morgan fingerprint density at radius 3 is 2.88 bits per heavy atom.